The maximum atomic E-state index is 12.9. The minimum Gasteiger partial charge on any atom is -0.341 e. The molecule has 2 aliphatic heterocycles. The first-order valence-corrected chi connectivity index (χ1v) is 10.4. The normalized spacial score (nSPS) is 31.5. The van der Waals surface area contributed by atoms with E-state index in [1.807, 2.05) is 0 Å². The second-order valence-corrected chi connectivity index (χ2v) is 8.49. The molecule has 0 radical (unpaired) electrons. The van der Waals surface area contributed by atoms with E-state index in [1.54, 1.807) is 0 Å². The standard InChI is InChI=1S/C20H37N3O/c1-3-4-11-22(2)15-16-9-12-23(13-10-16)20(24)19-14-17-7-5-6-8-18(17)21-19/h16-19,21H,3-15H2,1-2H3. The first-order valence-electron chi connectivity index (χ1n) is 10.4. The summed E-state index contributed by atoms with van der Waals surface area (Å²) in [5, 5.41) is 3.66. The van der Waals surface area contributed by atoms with Gasteiger partial charge in [-0.05, 0) is 64.0 Å². The molecule has 2 saturated heterocycles. The van der Waals surface area contributed by atoms with E-state index in [0.29, 0.717) is 11.9 Å². The lowest BCUT2D eigenvalue weighted by Gasteiger charge is -2.35. The number of hydrogen-bond donors (Lipinski definition) is 1. The van der Waals surface area contributed by atoms with Gasteiger partial charge in [0.15, 0.2) is 0 Å². The summed E-state index contributed by atoms with van der Waals surface area (Å²) in [6, 6.07) is 0.735. The van der Waals surface area contributed by atoms with Crippen LogP contribution in [0.5, 0.6) is 0 Å². The predicted molar refractivity (Wildman–Crippen MR) is 99.0 cm³/mol. The smallest absolute Gasteiger partial charge is 0.239 e. The molecule has 3 aliphatic rings. The second-order valence-electron chi connectivity index (χ2n) is 8.49. The highest BCUT2D eigenvalue weighted by molar-refractivity contribution is 5.82. The van der Waals surface area contributed by atoms with Gasteiger partial charge in [0, 0.05) is 25.7 Å². The molecule has 3 atom stereocenters. The van der Waals surface area contributed by atoms with Gasteiger partial charge in [-0.2, -0.15) is 0 Å². The van der Waals surface area contributed by atoms with Gasteiger partial charge >= 0.3 is 0 Å². The molecule has 0 aromatic rings. The monoisotopic (exact) mass is 335 g/mol. The number of hydrogen-bond acceptors (Lipinski definition) is 3. The van der Waals surface area contributed by atoms with Gasteiger partial charge in [0.2, 0.25) is 5.91 Å². The van der Waals surface area contributed by atoms with Crippen molar-refractivity contribution >= 4 is 5.91 Å². The highest BCUT2D eigenvalue weighted by atomic mass is 16.2. The van der Waals surface area contributed by atoms with Crippen LogP contribution in [0.1, 0.15) is 64.7 Å². The fourth-order valence-corrected chi connectivity index (χ4v) is 5.03. The lowest BCUT2D eigenvalue weighted by Crippen LogP contribution is -2.49. The van der Waals surface area contributed by atoms with Gasteiger partial charge in [0.1, 0.15) is 0 Å². The Labute approximate surface area is 148 Å². The minimum atomic E-state index is 0.113. The summed E-state index contributed by atoms with van der Waals surface area (Å²) in [6.45, 7) is 6.61. The molecule has 4 heteroatoms. The zero-order chi connectivity index (χ0) is 16.9. The highest BCUT2D eigenvalue weighted by Gasteiger charge is 2.40. The molecular formula is C20H37N3O. The predicted octanol–water partition coefficient (Wildman–Crippen LogP) is 2.88. The van der Waals surface area contributed by atoms with Gasteiger partial charge < -0.3 is 15.1 Å². The Hall–Kier alpha value is -0.610. The number of nitrogens with zero attached hydrogens (tertiary/aromatic N) is 2. The highest BCUT2D eigenvalue weighted by Crippen LogP contribution is 2.34. The number of fused-ring (bicyclic) bond motifs is 1. The fourth-order valence-electron chi connectivity index (χ4n) is 5.03. The average molecular weight is 336 g/mol. The molecule has 0 aromatic heterocycles. The molecule has 0 spiro atoms. The van der Waals surface area contributed by atoms with Crippen molar-refractivity contribution in [2.75, 3.05) is 33.2 Å². The van der Waals surface area contributed by atoms with E-state index >= 15 is 0 Å². The molecule has 3 rings (SSSR count). The largest absolute Gasteiger partial charge is 0.341 e. The fraction of sp³-hybridized carbons (Fsp3) is 0.950. The lowest BCUT2D eigenvalue weighted by molar-refractivity contribution is -0.134. The van der Waals surface area contributed by atoms with Crippen LogP contribution >= 0.6 is 0 Å². The van der Waals surface area contributed by atoms with Crippen molar-refractivity contribution in [1.29, 1.82) is 0 Å². The van der Waals surface area contributed by atoms with Crippen LogP contribution in [0.4, 0.5) is 0 Å². The van der Waals surface area contributed by atoms with Crippen molar-refractivity contribution in [2.24, 2.45) is 11.8 Å². The van der Waals surface area contributed by atoms with Gasteiger partial charge in [-0.1, -0.05) is 26.2 Å². The van der Waals surface area contributed by atoms with E-state index < -0.39 is 0 Å². The SMILES string of the molecule is CCCCN(C)CC1CCN(C(=O)C2CC3CCCCC3N2)CC1. The molecule has 138 valence electrons. The number of amides is 1. The Kier molecular flexibility index (Phi) is 6.56. The average Bonchev–Trinajstić information content (AvgIpc) is 3.04. The van der Waals surface area contributed by atoms with Crippen molar-refractivity contribution in [1.82, 2.24) is 15.1 Å². The Morgan fingerprint density at radius 1 is 1.17 bits per heavy atom. The van der Waals surface area contributed by atoms with Crippen LogP contribution in [-0.4, -0.2) is 61.0 Å². The van der Waals surface area contributed by atoms with Gasteiger partial charge in [0.25, 0.3) is 0 Å². The maximum absolute atomic E-state index is 12.9. The van der Waals surface area contributed by atoms with Crippen LogP contribution in [0.25, 0.3) is 0 Å². The van der Waals surface area contributed by atoms with E-state index in [-0.39, 0.29) is 6.04 Å². The molecule has 0 bridgehead atoms. The molecule has 4 nitrogen and oxygen atoms in total. The maximum Gasteiger partial charge on any atom is 0.239 e. The first-order chi connectivity index (χ1) is 11.7. The summed E-state index contributed by atoms with van der Waals surface area (Å²) in [5.41, 5.74) is 0. The summed E-state index contributed by atoms with van der Waals surface area (Å²) in [5.74, 6) is 1.93. The number of carbonyl (C=O) groups excluding carboxylic acids is 1. The minimum absolute atomic E-state index is 0.113. The number of likely N-dealkylation sites (tertiary alicyclic amines) is 1. The molecule has 24 heavy (non-hydrogen) atoms. The molecule has 0 aromatic carbocycles. The van der Waals surface area contributed by atoms with Gasteiger partial charge in [0.05, 0.1) is 6.04 Å². The third-order valence-corrected chi connectivity index (χ3v) is 6.55. The van der Waals surface area contributed by atoms with E-state index in [0.717, 1.165) is 31.3 Å². The topological polar surface area (TPSA) is 35.6 Å². The van der Waals surface area contributed by atoms with Crippen LogP contribution in [0.15, 0.2) is 0 Å². The molecular weight excluding hydrogens is 298 g/mol. The quantitative estimate of drug-likeness (QED) is 0.811. The number of carbonyl (C=O) groups is 1. The molecule has 1 saturated carbocycles. The van der Waals surface area contributed by atoms with Gasteiger partial charge in [-0.25, -0.2) is 0 Å². The van der Waals surface area contributed by atoms with Crippen molar-refractivity contribution in [3.05, 3.63) is 0 Å². The Bertz CT molecular complexity index is 392. The Morgan fingerprint density at radius 2 is 1.92 bits per heavy atom. The van der Waals surface area contributed by atoms with Crippen LogP contribution in [-0.2, 0) is 4.79 Å². The van der Waals surface area contributed by atoms with Crippen molar-refractivity contribution in [3.8, 4) is 0 Å². The van der Waals surface area contributed by atoms with Crippen LogP contribution in [0.3, 0.4) is 0 Å². The second kappa shape index (κ2) is 8.66. The van der Waals surface area contributed by atoms with Crippen LogP contribution < -0.4 is 5.32 Å². The van der Waals surface area contributed by atoms with E-state index in [4.69, 9.17) is 0 Å². The van der Waals surface area contributed by atoms with Crippen LogP contribution in [0, 0.1) is 11.8 Å². The number of nitrogens with one attached hydrogen (secondary N) is 1. The third kappa shape index (κ3) is 4.51. The molecule has 2 heterocycles. The molecule has 1 aliphatic carbocycles. The van der Waals surface area contributed by atoms with E-state index in [1.165, 1.54) is 64.5 Å². The molecule has 3 fully saturated rings. The third-order valence-electron chi connectivity index (χ3n) is 6.55. The lowest BCUT2D eigenvalue weighted by atomic mass is 9.85. The number of piperidine rings is 1. The summed E-state index contributed by atoms with van der Waals surface area (Å²) >= 11 is 0. The summed E-state index contributed by atoms with van der Waals surface area (Å²) in [7, 11) is 2.25. The number of rotatable bonds is 6. The van der Waals surface area contributed by atoms with Crippen molar-refractivity contribution in [3.63, 3.8) is 0 Å². The zero-order valence-corrected chi connectivity index (χ0v) is 15.8. The Morgan fingerprint density at radius 3 is 2.62 bits per heavy atom. The van der Waals surface area contributed by atoms with Crippen molar-refractivity contribution in [2.45, 2.75) is 76.8 Å². The summed E-state index contributed by atoms with van der Waals surface area (Å²) in [6.07, 6.45) is 11.3. The summed E-state index contributed by atoms with van der Waals surface area (Å²) < 4.78 is 0. The van der Waals surface area contributed by atoms with Gasteiger partial charge in [-0.15, -0.1) is 0 Å². The summed E-state index contributed by atoms with van der Waals surface area (Å²) in [4.78, 5) is 17.5. The van der Waals surface area contributed by atoms with E-state index in [9.17, 15) is 4.79 Å². The zero-order valence-electron chi connectivity index (χ0n) is 15.8. The molecule has 1 N–H and O–H groups in total. The first kappa shape index (κ1) is 18.2. The van der Waals surface area contributed by atoms with Crippen molar-refractivity contribution < 1.29 is 4.79 Å². The molecule has 1 amide bonds. The number of unbranched alkanes of at least 4 members (excludes halogenated alkanes) is 1. The van der Waals surface area contributed by atoms with E-state index in [2.05, 4.69) is 29.1 Å². The Balaban J connectivity index is 1.40. The molecule has 3 unspecified atom stereocenters. The van der Waals surface area contributed by atoms with Crippen LogP contribution in [0.2, 0.25) is 0 Å². The van der Waals surface area contributed by atoms with Gasteiger partial charge in [-0.3, -0.25) is 4.79 Å².